The molecule has 0 spiro atoms. The van der Waals surface area contributed by atoms with Gasteiger partial charge in [0.05, 0.1) is 0 Å². The van der Waals surface area contributed by atoms with Crippen molar-refractivity contribution in [1.82, 2.24) is 25.4 Å². The SMILES string of the molecule is CCn1nc(C(=O)NCc2ccncc2)c2c1CCC(NCc1ccc(F)c(F)c1)C2. The van der Waals surface area contributed by atoms with E-state index in [1.54, 1.807) is 18.5 Å². The number of rotatable bonds is 7. The Morgan fingerprint density at radius 1 is 1.13 bits per heavy atom. The Hall–Kier alpha value is -3.13. The Morgan fingerprint density at radius 2 is 1.94 bits per heavy atom. The highest BCUT2D eigenvalue weighted by Crippen LogP contribution is 2.25. The summed E-state index contributed by atoms with van der Waals surface area (Å²) < 4.78 is 28.5. The minimum atomic E-state index is -0.847. The van der Waals surface area contributed by atoms with Gasteiger partial charge in [0.1, 0.15) is 0 Å². The van der Waals surface area contributed by atoms with Crippen LogP contribution >= 0.6 is 0 Å². The summed E-state index contributed by atoms with van der Waals surface area (Å²) in [5.74, 6) is -1.88. The van der Waals surface area contributed by atoms with Crippen molar-refractivity contribution < 1.29 is 13.6 Å². The van der Waals surface area contributed by atoms with Crippen molar-refractivity contribution in [2.75, 3.05) is 0 Å². The van der Waals surface area contributed by atoms with E-state index >= 15 is 0 Å². The number of hydrogen-bond acceptors (Lipinski definition) is 4. The van der Waals surface area contributed by atoms with Crippen LogP contribution in [0.4, 0.5) is 8.78 Å². The monoisotopic (exact) mass is 425 g/mol. The standard InChI is InChI=1S/C23H25F2N5O/c1-2-30-21-6-4-17(27-14-16-3-5-19(24)20(25)11-16)12-18(21)22(29-30)23(31)28-13-15-7-9-26-10-8-15/h3,5,7-11,17,27H,2,4,6,12-14H2,1H3,(H,28,31). The first-order chi connectivity index (χ1) is 15.0. The minimum Gasteiger partial charge on any atom is -0.347 e. The van der Waals surface area contributed by atoms with E-state index in [1.807, 2.05) is 23.7 Å². The molecule has 3 aromatic rings. The third-order valence-corrected chi connectivity index (χ3v) is 5.64. The molecule has 2 N–H and O–H groups in total. The van der Waals surface area contributed by atoms with E-state index in [9.17, 15) is 13.6 Å². The van der Waals surface area contributed by atoms with Crippen LogP contribution in [0.2, 0.25) is 0 Å². The number of aromatic nitrogens is 3. The highest BCUT2D eigenvalue weighted by atomic mass is 19.2. The minimum absolute atomic E-state index is 0.127. The number of nitrogens with one attached hydrogen (secondary N) is 2. The number of benzene rings is 1. The lowest BCUT2D eigenvalue weighted by Crippen LogP contribution is -2.35. The van der Waals surface area contributed by atoms with Crippen molar-refractivity contribution in [1.29, 1.82) is 0 Å². The lowest BCUT2D eigenvalue weighted by molar-refractivity contribution is 0.0944. The summed E-state index contributed by atoms with van der Waals surface area (Å²) in [7, 11) is 0. The van der Waals surface area contributed by atoms with Crippen LogP contribution in [0.15, 0.2) is 42.7 Å². The van der Waals surface area contributed by atoms with Gasteiger partial charge >= 0.3 is 0 Å². The van der Waals surface area contributed by atoms with Crippen LogP contribution in [0.5, 0.6) is 0 Å². The fourth-order valence-corrected chi connectivity index (χ4v) is 3.98. The molecule has 1 unspecified atom stereocenters. The maximum Gasteiger partial charge on any atom is 0.272 e. The summed E-state index contributed by atoms with van der Waals surface area (Å²) in [5, 5.41) is 10.9. The number of fused-ring (bicyclic) bond motifs is 1. The van der Waals surface area contributed by atoms with E-state index in [0.29, 0.717) is 37.3 Å². The number of hydrogen-bond donors (Lipinski definition) is 2. The normalized spacial score (nSPS) is 15.5. The molecule has 1 amide bonds. The quantitative estimate of drug-likeness (QED) is 0.610. The summed E-state index contributed by atoms with van der Waals surface area (Å²) in [5.41, 5.74) is 4.18. The van der Waals surface area contributed by atoms with Gasteiger partial charge in [0.15, 0.2) is 17.3 Å². The van der Waals surface area contributed by atoms with E-state index in [0.717, 1.165) is 35.7 Å². The van der Waals surface area contributed by atoms with Crippen molar-refractivity contribution in [2.24, 2.45) is 0 Å². The molecular weight excluding hydrogens is 400 g/mol. The predicted molar refractivity (Wildman–Crippen MR) is 112 cm³/mol. The van der Waals surface area contributed by atoms with E-state index in [2.05, 4.69) is 20.7 Å². The van der Waals surface area contributed by atoms with Crippen LogP contribution in [0.3, 0.4) is 0 Å². The highest BCUT2D eigenvalue weighted by Gasteiger charge is 2.28. The zero-order valence-corrected chi connectivity index (χ0v) is 17.4. The van der Waals surface area contributed by atoms with Gasteiger partial charge in [-0.1, -0.05) is 6.07 Å². The van der Waals surface area contributed by atoms with Gasteiger partial charge in [-0.25, -0.2) is 8.78 Å². The Morgan fingerprint density at radius 3 is 2.68 bits per heavy atom. The molecule has 1 aliphatic rings. The zero-order chi connectivity index (χ0) is 21.8. The first kappa shape index (κ1) is 21.1. The first-order valence-electron chi connectivity index (χ1n) is 10.5. The fraction of sp³-hybridized carbons (Fsp3) is 0.348. The number of halogens is 2. The van der Waals surface area contributed by atoms with E-state index in [1.165, 1.54) is 6.07 Å². The molecule has 0 saturated carbocycles. The fourth-order valence-electron chi connectivity index (χ4n) is 3.98. The topological polar surface area (TPSA) is 71.8 Å². The van der Waals surface area contributed by atoms with Crippen LogP contribution in [-0.2, 0) is 32.5 Å². The first-order valence-corrected chi connectivity index (χ1v) is 10.5. The number of amides is 1. The summed E-state index contributed by atoms with van der Waals surface area (Å²) in [6.07, 6.45) is 5.75. The van der Waals surface area contributed by atoms with Gasteiger partial charge in [-0.15, -0.1) is 0 Å². The van der Waals surface area contributed by atoms with E-state index in [4.69, 9.17) is 0 Å². The van der Waals surface area contributed by atoms with Gasteiger partial charge in [-0.2, -0.15) is 5.10 Å². The molecule has 0 bridgehead atoms. The zero-order valence-electron chi connectivity index (χ0n) is 17.4. The second-order valence-electron chi connectivity index (χ2n) is 7.70. The summed E-state index contributed by atoms with van der Waals surface area (Å²) >= 11 is 0. The lowest BCUT2D eigenvalue weighted by atomic mass is 9.91. The van der Waals surface area contributed by atoms with E-state index < -0.39 is 11.6 Å². The van der Waals surface area contributed by atoms with E-state index in [-0.39, 0.29) is 11.9 Å². The molecule has 1 atom stereocenters. The summed E-state index contributed by atoms with van der Waals surface area (Å²) in [6.45, 7) is 3.56. The average molecular weight is 425 g/mol. The molecule has 8 heteroatoms. The molecule has 4 rings (SSSR count). The number of carbonyl (C=O) groups excluding carboxylic acids is 1. The molecule has 0 saturated heterocycles. The molecule has 31 heavy (non-hydrogen) atoms. The molecule has 0 fully saturated rings. The molecule has 1 aliphatic carbocycles. The number of carbonyl (C=O) groups is 1. The van der Waals surface area contributed by atoms with Gasteiger partial charge in [0.2, 0.25) is 0 Å². The van der Waals surface area contributed by atoms with Gasteiger partial charge < -0.3 is 10.6 Å². The third-order valence-electron chi connectivity index (χ3n) is 5.64. The lowest BCUT2D eigenvalue weighted by Gasteiger charge is -2.24. The highest BCUT2D eigenvalue weighted by molar-refractivity contribution is 5.94. The molecule has 6 nitrogen and oxygen atoms in total. The molecule has 0 radical (unpaired) electrons. The molecule has 1 aromatic carbocycles. The van der Waals surface area contributed by atoms with Crippen molar-refractivity contribution in [3.05, 3.63) is 82.4 Å². The predicted octanol–water partition coefficient (Wildman–Crippen LogP) is 3.15. The summed E-state index contributed by atoms with van der Waals surface area (Å²) in [6, 6.07) is 7.78. The van der Waals surface area contributed by atoms with Crippen LogP contribution in [0.1, 0.15) is 46.2 Å². The average Bonchev–Trinajstić information content (AvgIpc) is 3.17. The van der Waals surface area contributed by atoms with Crippen molar-refractivity contribution in [2.45, 2.75) is 51.9 Å². The molecule has 2 aromatic heterocycles. The van der Waals surface area contributed by atoms with Crippen LogP contribution in [-0.4, -0.2) is 26.7 Å². The Labute approximate surface area is 179 Å². The molecular formula is C23H25F2N5O. The maximum absolute atomic E-state index is 13.5. The molecule has 0 aliphatic heterocycles. The van der Waals surface area contributed by atoms with Crippen molar-refractivity contribution >= 4 is 5.91 Å². The molecule has 2 heterocycles. The van der Waals surface area contributed by atoms with Crippen molar-refractivity contribution in [3.63, 3.8) is 0 Å². The van der Waals surface area contributed by atoms with Gasteiger partial charge in [0.25, 0.3) is 5.91 Å². The Bertz CT molecular complexity index is 1070. The third kappa shape index (κ3) is 4.80. The smallest absolute Gasteiger partial charge is 0.272 e. The largest absolute Gasteiger partial charge is 0.347 e. The second-order valence-corrected chi connectivity index (χ2v) is 7.70. The van der Waals surface area contributed by atoms with Crippen LogP contribution < -0.4 is 10.6 Å². The van der Waals surface area contributed by atoms with Gasteiger partial charge in [-0.05, 0) is 61.6 Å². The Kier molecular flexibility index (Phi) is 6.36. The number of pyridine rings is 1. The van der Waals surface area contributed by atoms with Crippen LogP contribution in [0.25, 0.3) is 0 Å². The Balaban J connectivity index is 1.45. The second kappa shape index (κ2) is 9.34. The molecule has 162 valence electrons. The number of nitrogens with zero attached hydrogens (tertiary/aromatic N) is 3. The summed E-state index contributed by atoms with van der Waals surface area (Å²) in [4.78, 5) is 16.9. The maximum atomic E-state index is 13.5. The van der Waals surface area contributed by atoms with Gasteiger partial charge in [-0.3, -0.25) is 14.5 Å². The van der Waals surface area contributed by atoms with Crippen LogP contribution in [0, 0.1) is 11.6 Å². The van der Waals surface area contributed by atoms with Gasteiger partial charge in [0, 0.05) is 49.3 Å². The van der Waals surface area contributed by atoms with Crippen molar-refractivity contribution in [3.8, 4) is 0 Å². The number of aryl methyl sites for hydroxylation is 1.